The number of furan rings is 1. The molecule has 29 heavy (non-hydrogen) atoms. The zero-order valence-electron chi connectivity index (χ0n) is 17.2. The summed E-state index contributed by atoms with van der Waals surface area (Å²) in [6.07, 6.45) is 2.65. The Labute approximate surface area is 177 Å². The van der Waals surface area contributed by atoms with Crippen LogP contribution in [0.5, 0.6) is 0 Å². The molecule has 0 saturated carbocycles. The number of hydrogen-bond acceptors (Lipinski definition) is 5. The highest BCUT2D eigenvalue weighted by Crippen LogP contribution is 2.24. The van der Waals surface area contributed by atoms with E-state index in [0.717, 1.165) is 68.9 Å². The Bertz CT molecular complexity index is 772. The van der Waals surface area contributed by atoms with Gasteiger partial charge in [0, 0.05) is 32.4 Å². The van der Waals surface area contributed by atoms with Crippen LogP contribution in [0.1, 0.15) is 30.0 Å². The largest absolute Gasteiger partial charge is 0.465 e. The van der Waals surface area contributed by atoms with E-state index in [9.17, 15) is 0 Å². The van der Waals surface area contributed by atoms with E-state index in [2.05, 4.69) is 33.5 Å². The van der Waals surface area contributed by atoms with Gasteiger partial charge in [0.15, 0.2) is 5.96 Å². The van der Waals surface area contributed by atoms with Crippen LogP contribution in [0, 0.1) is 6.92 Å². The van der Waals surface area contributed by atoms with Crippen LogP contribution >= 0.6 is 11.6 Å². The average Bonchev–Trinajstić information content (AvgIpc) is 3.16. The minimum absolute atomic E-state index is 0.100. The molecule has 1 atom stereocenters. The average molecular weight is 420 g/mol. The molecular weight excluding hydrogens is 390 g/mol. The van der Waals surface area contributed by atoms with Crippen LogP contribution in [0.25, 0.3) is 0 Å². The third kappa shape index (κ3) is 6.73. The Hall–Kier alpha value is -2.09. The number of guanidine groups is 1. The lowest BCUT2D eigenvalue weighted by atomic mass is 10.1. The third-order valence-corrected chi connectivity index (χ3v) is 5.06. The Morgan fingerprint density at radius 3 is 2.72 bits per heavy atom. The summed E-state index contributed by atoms with van der Waals surface area (Å²) >= 11 is 5.85. The second-order valence-corrected chi connectivity index (χ2v) is 7.39. The minimum atomic E-state index is 0.100. The number of nitrogens with zero attached hydrogens (tertiary/aromatic N) is 3. The first-order chi connectivity index (χ1) is 14.2. The molecule has 0 spiro atoms. The van der Waals surface area contributed by atoms with Crippen LogP contribution in [0.4, 0.5) is 0 Å². The van der Waals surface area contributed by atoms with Crippen LogP contribution in [0.3, 0.4) is 0 Å². The van der Waals surface area contributed by atoms with Crippen molar-refractivity contribution in [3.63, 3.8) is 0 Å². The topological polar surface area (TPSA) is 74.9 Å². The lowest BCUT2D eigenvalue weighted by Crippen LogP contribution is -2.42. The molecule has 2 aromatic heterocycles. The van der Waals surface area contributed by atoms with Gasteiger partial charge < -0.3 is 19.8 Å². The van der Waals surface area contributed by atoms with Gasteiger partial charge in [0.05, 0.1) is 25.8 Å². The molecule has 0 radical (unpaired) electrons. The van der Waals surface area contributed by atoms with Crippen LogP contribution in [-0.2, 0) is 11.2 Å². The number of morpholine rings is 1. The number of ether oxygens (including phenoxy) is 1. The SMILES string of the molecule is CCNC(=NCC(c1ccc(C)o1)N1CCOCC1)NCCc1ccc(Cl)nc1. The van der Waals surface area contributed by atoms with E-state index in [4.69, 9.17) is 25.7 Å². The molecule has 8 heteroatoms. The number of aromatic nitrogens is 1. The van der Waals surface area contributed by atoms with Crippen molar-refractivity contribution in [3.05, 3.63) is 52.7 Å². The van der Waals surface area contributed by atoms with E-state index in [1.54, 1.807) is 0 Å². The molecule has 7 nitrogen and oxygen atoms in total. The Morgan fingerprint density at radius 2 is 2.07 bits per heavy atom. The summed E-state index contributed by atoms with van der Waals surface area (Å²) in [7, 11) is 0. The number of rotatable bonds is 8. The van der Waals surface area contributed by atoms with Crippen molar-refractivity contribution in [2.45, 2.75) is 26.3 Å². The van der Waals surface area contributed by atoms with Gasteiger partial charge in [-0.3, -0.25) is 9.89 Å². The highest BCUT2D eigenvalue weighted by Gasteiger charge is 2.25. The number of pyridine rings is 1. The van der Waals surface area contributed by atoms with Gasteiger partial charge in [-0.25, -0.2) is 4.98 Å². The number of nitrogens with one attached hydrogen (secondary N) is 2. The van der Waals surface area contributed by atoms with E-state index < -0.39 is 0 Å². The van der Waals surface area contributed by atoms with Gasteiger partial charge >= 0.3 is 0 Å². The van der Waals surface area contributed by atoms with Gasteiger partial charge in [-0.15, -0.1) is 0 Å². The molecule has 1 saturated heterocycles. The molecular formula is C21H30ClN5O2. The maximum Gasteiger partial charge on any atom is 0.191 e. The fraction of sp³-hybridized carbons (Fsp3) is 0.524. The fourth-order valence-electron chi connectivity index (χ4n) is 3.31. The highest BCUT2D eigenvalue weighted by molar-refractivity contribution is 6.29. The first-order valence-electron chi connectivity index (χ1n) is 10.2. The van der Waals surface area contributed by atoms with E-state index in [-0.39, 0.29) is 6.04 Å². The minimum Gasteiger partial charge on any atom is -0.465 e. The van der Waals surface area contributed by atoms with E-state index in [1.807, 2.05) is 31.3 Å². The standard InChI is InChI=1S/C21H30ClN5O2/c1-3-23-21(24-9-8-17-5-7-20(22)25-14-17)26-15-18(19-6-4-16(2)29-19)27-10-12-28-13-11-27/h4-7,14,18H,3,8-13,15H2,1-2H3,(H2,23,24,26). The predicted molar refractivity (Wildman–Crippen MR) is 116 cm³/mol. The van der Waals surface area contributed by atoms with Gasteiger partial charge in [0.25, 0.3) is 0 Å². The zero-order valence-corrected chi connectivity index (χ0v) is 17.9. The van der Waals surface area contributed by atoms with Gasteiger partial charge in [0.2, 0.25) is 0 Å². The van der Waals surface area contributed by atoms with E-state index in [0.29, 0.717) is 11.7 Å². The summed E-state index contributed by atoms with van der Waals surface area (Å²) in [6, 6.07) is 7.97. The molecule has 1 fully saturated rings. The summed E-state index contributed by atoms with van der Waals surface area (Å²) in [6.45, 7) is 9.47. The predicted octanol–water partition coefficient (Wildman–Crippen LogP) is 2.81. The molecule has 0 aliphatic carbocycles. The van der Waals surface area contributed by atoms with Crippen LogP contribution < -0.4 is 10.6 Å². The van der Waals surface area contributed by atoms with Crippen molar-refractivity contribution >= 4 is 17.6 Å². The Morgan fingerprint density at radius 1 is 1.24 bits per heavy atom. The van der Waals surface area contributed by atoms with Crippen molar-refractivity contribution in [1.82, 2.24) is 20.5 Å². The smallest absolute Gasteiger partial charge is 0.191 e. The van der Waals surface area contributed by atoms with Crippen molar-refractivity contribution < 1.29 is 9.15 Å². The summed E-state index contributed by atoms with van der Waals surface area (Å²) in [4.78, 5) is 11.3. The van der Waals surface area contributed by atoms with E-state index >= 15 is 0 Å². The molecule has 3 rings (SSSR count). The van der Waals surface area contributed by atoms with Crippen molar-refractivity contribution in [3.8, 4) is 0 Å². The van der Waals surface area contributed by atoms with Gasteiger partial charge in [-0.2, -0.15) is 0 Å². The molecule has 1 unspecified atom stereocenters. The lowest BCUT2D eigenvalue weighted by molar-refractivity contribution is 0.0135. The fourth-order valence-corrected chi connectivity index (χ4v) is 3.42. The molecule has 158 valence electrons. The van der Waals surface area contributed by atoms with Crippen molar-refractivity contribution in [2.75, 3.05) is 45.9 Å². The van der Waals surface area contributed by atoms with Gasteiger partial charge in [0.1, 0.15) is 16.7 Å². The summed E-state index contributed by atoms with van der Waals surface area (Å²) in [5.41, 5.74) is 1.13. The molecule has 1 aliphatic rings. The summed E-state index contributed by atoms with van der Waals surface area (Å²) < 4.78 is 11.4. The molecule has 1 aliphatic heterocycles. The van der Waals surface area contributed by atoms with Crippen LogP contribution in [0.15, 0.2) is 39.9 Å². The van der Waals surface area contributed by atoms with Gasteiger partial charge in [-0.05, 0) is 44.0 Å². The quantitative estimate of drug-likeness (QED) is 0.389. The molecule has 0 amide bonds. The highest BCUT2D eigenvalue weighted by atomic mass is 35.5. The lowest BCUT2D eigenvalue weighted by Gasteiger charge is -2.32. The molecule has 2 N–H and O–H groups in total. The zero-order chi connectivity index (χ0) is 20.5. The molecule has 2 aromatic rings. The molecule has 3 heterocycles. The van der Waals surface area contributed by atoms with Gasteiger partial charge in [-0.1, -0.05) is 17.7 Å². The van der Waals surface area contributed by atoms with Crippen molar-refractivity contribution in [2.24, 2.45) is 4.99 Å². The Kier molecular flexibility index (Phi) is 8.34. The van der Waals surface area contributed by atoms with Crippen LogP contribution in [-0.4, -0.2) is 61.8 Å². The second kappa shape index (κ2) is 11.2. The summed E-state index contributed by atoms with van der Waals surface area (Å²) in [5, 5.41) is 7.24. The monoisotopic (exact) mass is 419 g/mol. The number of aryl methyl sites for hydroxylation is 1. The van der Waals surface area contributed by atoms with E-state index in [1.165, 1.54) is 0 Å². The Balaban J connectivity index is 1.62. The summed E-state index contributed by atoms with van der Waals surface area (Å²) in [5.74, 6) is 2.68. The third-order valence-electron chi connectivity index (χ3n) is 4.84. The normalized spacial score (nSPS) is 16.6. The maximum absolute atomic E-state index is 5.93. The number of hydrogen-bond donors (Lipinski definition) is 2. The van der Waals surface area contributed by atoms with Crippen molar-refractivity contribution in [1.29, 1.82) is 0 Å². The van der Waals surface area contributed by atoms with Crippen LogP contribution in [0.2, 0.25) is 5.15 Å². The maximum atomic E-state index is 5.93. The number of halogens is 1. The molecule has 0 aromatic carbocycles. The molecule has 0 bridgehead atoms. The second-order valence-electron chi connectivity index (χ2n) is 7.00. The first kappa shape index (κ1) is 21.6. The number of aliphatic imine (C=N–C) groups is 1. The first-order valence-corrected chi connectivity index (χ1v) is 10.5.